The van der Waals surface area contributed by atoms with Crippen LogP contribution in [0.25, 0.3) is 0 Å². The molecule has 0 fully saturated rings. The summed E-state index contributed by atoms with van der Waals surface area (Å²) < 4.78 is 4.95. The van der Waals surface area contributed by atoms with Crippen molar-refractivity contribution in [3.63, 3.8) is 0 Å². The van der Waals surface area contributed by atoms with Gasteiger partial charge in [0.1, 0.15) is 0 Å². The summed E-state index contributed by atoms with van der Waals surface area (Å²) in [7, 11) is 0. The molecule has 4 nitrogen and oxygen atoms in total. The van der Waals surface area contributed by atoms with Crippen LogP contribution in [0.1, 0.15) is 33.1 Å². The summed E-state index contributed by atoms with van der Waals surface area (Å²) in [6.45, 7) is 4.28. The normalized spacial score (nSPS) is 14.9. The zero-order chi connectivity index (χ0) is 11.0. The lowest BCUT2D eigenvalue weighted by Gasteiger charge is -2.28. The minimum absolute atomic E-state index is 0.184. The highest BCUT2D eigenvalue weighted by atomic mass is 16.5. The number of ether oxygens (including phenoxy) is 1. The van der Waals surface area contributed by atoms with Gasteiger partial charge in [-0.1, -0.05) is 13.3 Å². The van der Waals surface area contributed by atoms with Gasteiger partial charge < -0.3 is 15.6 Å². The molecule has 84 valence electrons. The number of esters is 1. The fraction of sp³-hybridized carbons (Fsp3) is 0.900. The molecule has 1 atom stereocenters. The fourth-order valence-electron chi connectivity index (χ4n) is 1.59. The number of hydrogen-bond donors (Lipinski definition) is 2. The Balaban J connectivity index is 4.54. The number of rotatable bonds is 7. The van der Waals surface area contributed by atoms with E-state index in [1.54, 1.807) is 6.92 Å². The van der Waals surface area contributed by atoms with Crippen LogP contribution in [-0.2, 0) is 9.53 Å². The summed E-state index contributed by atoms with van der Waals surface area (Å²) in [6.07, 6.45) is 1.94. The van der Waals surface area contributed by atoms with E-state index in [1.807, 2.05) is 6.92 Å². The molecule has 1 unspecified atom stereocenters. The molecule has 0 amide bonds. The van der Waals surface area contributed by atoms with E-state index in [2.05, 4.69) is 0 Å². The average molecular weight is 203 g/mol. The Morgan fingerprint density at radius 2 is 2.07 bits per heavy atom. The quantitative estimate of drug-likeness (QED) is 0.597. The van der Waals surface area contributed by atoms with Crippen LogP contribution in [0.3, 0.4) is 0 Å². The monoisotopic (exact) mass is 203 g/mol. The molecule has 0 aliphatic carbocycles. The molecule has 3 N–H and O–H groups in total. The van der Waals surface area contributed by atoms with Crippen LogP contribution in [0, 0.1) is 5.41 Å². The third-order valence-corrected chi connectivity index (χ3v) is 2.36. The van der Waals surface area contributed by atoms with Crippen LogP contribution in [-0.4, -0.2) is 30.8 Å². The van der Waals surface area contributed by atoms with Crippen molar-refractivity contribution in [2.45, 2.75) is 33.1 Å². The predicted molar refractivity (Wildman–Crippen MR) is 54.7 cm³/mol. The number of hydrogen-bond acceptors (Lipinski definition) is 4. The van der Waals surface area contributed by atoms with Crippen LogP contribution < -0.4 is 5.73 Å². The molecule has 0 heterocycles. The lowest BCUT2D eigenvalue weighted by molar-refractivity contribution is -0.159. The Morgan fingerprint density at radius 3 is 2.43 bits per heavy atom. The molecule has 0 aliphatic rings. The van der Waals surface area contributed by atoms with Gasteiger partial charge in [0.2, 0.25) is 0 Å². The SMILES string of the molecule is CCCC(CO)(CCN)C(=O)OCC. The van der Waals surface area contributed by atoms with Gasteiger partial charge in [0.15, 0.2) is 0 Å². The van der Waals surface area contributed by atoms with E-state index >= 15 is 0 Å². The molecule has 0 aliphatic heterocycles. The zero-order valence-electron chi connectivity index (χ0n) is 9.08. The van der Waals surface area contributed by atoms with Gasteiger partial charge in [0.05, 0.1) is 18.6 Å². The Hall–Kier alpha value is -0.610. The van der Waals surface area contributed by atoms with Crippen molar-refractivity contribution in [1.29, 1.82) is 0 Å². The second-order valence-corrected chi connectivity index (χ2v) is 3.45. The first-order valence-electron chi connectivity index (χ1n) is 5.15. The van der Waals surface area contributed by atoms with Crippen molar-refractivity contribution in [3.05, 3.63) is 0 Å². The van der Waals surface area contributed by atoms with E-state index in [0.29, 0.717) is 26.0 Å². The van der Waals surface area contributed by atoms with Gasteiger partial charge in [-0.05, 0) is 26.3 Å². The largest absolute Gasteiger partial charge is 0.465 e. The van der Waals surface area contributed by atoms with E-state index in [1.165, 1.54) is 0 Å². The Kier molecular flexibility index (Phi) is 6.49. The molecule has 14 heavy (non-hydrogen) atoms. The summed E-state index contributed by atoms with van der Waals surface area (Å²) in [6, 6.07) is 0. The van der Waals surface area contributed by atoms with E-state index in [0.717, 1.165) is 6.42 Å². The van der Waals surface area contributed by atoms with Gasteiger partial charge in [0, 0.05) is 0 Å². The van der Waals surface area contributed by atoms with Gasteiger partial charge in [-0.3, -0.25) is 4.79 Å². The lowest BCUT2D eigenvalue weighted by atomic mass is 9.81. The highest BCUT2D eigenvalue weighted by Gasteiger charge is 2.37. The molecule has 0 aromatic heterocycles. The molecule has 0 aromatic rings. The van der Waals surface area contributed by atoms with Gasteiger partial charge in [-0.2, -0.15) is 0 Å². The first-order valence-corrected chi connectivity index (χ1v) is 5.15. The van der Waals surface area contributed by atoms with E-state index in [4.69, 9.17) is 10.5 Å². The molecular weight excluding hydrogens is 182 g/mol. The predicted octanol–water partition coefficient (Wildman–Crippen LogP) is 0.677. The number of carbonyl (C=O) groups excluding carboxylic acids is 1. The highest BCUT2D eigenvalue weighted by molar-refractivity contribution is 5.77. The first-order chi connectivity index (χ1) is 6.66. The second-order valence-electron chi connectivity index (χ2n) is 3.45. The van der Waals surface area contributed by atoms with Gasteiger partial charge in [0.25, 0.3) is 0 Å². The zero-order valence-corrected chi connectivity index (χ0v) is 9.08. The highest BCUT2D eigenvalue weighted by Crippen LogP contribution is 2.28. The molecule has 0 bridgehead atoms. The molecule has 4 heteroatoms. The lowest BCUT2D eigenvalue weighted by Crippen LogP contribution is -2.38. The van der Waals surface area contributed by atoms with Crippen molar-refractivity contribution in [1.82, 2.24) is 0 Å². The average Bonchev–Trinajstić information content (AvgIpc) is 2.17. The van der Waals surface area contributed by atoms with Crippen LogP contribution in [0.4, 0.5) is 0 Å². The summed E-state index contributed by atoms with van der Waals surface area (Å²) in [5.74, 6) is -0.324. The van der Waals surface area contributed by atoms with Crippen LogP contribution in [0.15, 0.2) is 0 Å². The van der Waals surface area contributed by atoms with Crippen molar-refractivity contribution < 1.29 is 14.6 Å². The number of aliphatic hydroxyl groups is 1. The third-order valence-electron chi connectivity index (χ3n) is 2.36. The molecule has 0 saturated heterocycles. The standard InChI is InChI=1S/C10H21NO3/c1-3-5-10(8-12,6-7-11)9(13)14-4-2/h12H,3-8,11H2,1-2H3. The maximum Gasteiger partial charge on any atom is 0.314 e. The Morgan fingerprint density at radius 1 is 1.43 bits per heavy atom. The van der Waals surface area contributed by atoms with Crippen LogP contribution >= 0.6 is 0 Å². The number of nitrogens with two attached hydrogens (primary N) is 1. The van der Waals surface area contributed by atoms with Crippen LogP contribution in [0.2, 0.25) is 0 Å². The molecule has 0 saturated carbocycles. The summed E-state index contributed by atoms with van der Waals surface area (Å²) >= 11 is 0. The van der Waals surface area contributed by atoms with Gasteiger partial charge >= 0.3 is 5.97 Å². The second kappa shape index (κ2) is 6.79. The van der Waals surface area contributed by atoms with E-state index in [9.17, 15) is 9.90 Å². The minimum Gasteiger partial charge on any atom is -0.465 e. The summed E-state index contributed by atoms with van der Waals surface area (Å²) in [5, 5.41) is 9.28. The maximum absolute atomic E-state index is 11.6. The van der Waals surface area contributed by atoms with E-state index < -0.39 is 5.41 Å². The number of aliphatic hydroxyl groups excluding tert-OH is 1. The molecular formula is C10H21NO3. The minimum atomic E-state index is -0.778. The van der Waals surface area contributed by atoms with Crippen molar-refractivity contribution >= 4 is 5.97 Å². The molecule has 0 aromatic carbocycles. The van der Waals surface area contributed by atoms with Crippen molar-refractivity contribution in [2.75, 3.05) is 19.8 Å². The number of carbonyl (C=O) groups is 1. The topological polar surface area (TPSA) is 72.5 Å². The van der Waals surface area contributed by atoms with Gasteiger partial charge in [-0.15, -0.1) is 0 Å². The van der Waals surface area contributed by atoms with Crippen molar-refractivity contribution in [2.24, 2.45) is 11.1 Å². The Labute approximate surface area is 85.4 Å². The maximum atomic E-state index is 11.6. The smallest absolute Gasteiger partial charge is 0.314 e. The Bertz CT molecular complexity index is 165. The molecule has 0 radical (unpaired) electrons. The fourth-order valence-corrected chi connectivity index (χ4v) is 1.59. The first kappa shape index (κ1) is 13.4. The third kappa shape index (κ3) is 3.27. The molecule has 0 spiro atoms. The summed E-state index contributed by atoms with van der Waals surface area (Å²) in [4.78, 5) is 11.6. The molecule has 0 rings (SSSR count). The van der Waals surface area contributed by atoms with E-state index in [-0.39, 0.29) is 12.6 Å². The van der Waals surface area contributed by atoms with Gasteiger partial charge in [-0.25, -0.2) is 0 Å². The summed E-state index contributed by atoms with van der Waals surface area (Å²) in [5.41, 5.74) is 4.66. The van der Waals surface area contributed by atoms with Crippen LogP contribution in [0.5, 0.6) is 0 Å². The van der Waals surface area contributed by atoms with Crippen molar-refractivity contribution in [3.8, 4) is 0 Å².